The molecule has 0 saturated carbocycles. The van der Waals surface area contributed by atoms with E-state index >= 15 is 0 Å². The van der Waals surface area contributed by atoms with Crippen molar-refractivity contribution in [3.05, 3.63) is 131 Å². The largest absolute Gasteiger partial charge is 0.467 e. The molecule has 1 fully saturated rings. The van der Waals surface area contributed by atoms with Crippen LogP contribution in [0.2, 0.25) is 53.9 Å². The summed E-state index contributed by atoms with van der Waals surface area (Å²) < 4.78 is 46.3. The fraction of sp³-hybridized carbons (Fsp3) is 0.526. The van der Waals surface area contributed by atoms with E-state index in [2.05, 4.69) is 173 Å². The van der Waals surface area contributed by atoms with Crippen LogP contribution in [0.25, 0.3) is 0 Å². The fourth-order valence-electron chi connectivity index (χ4n) is 8.71. The maximum Gasteiger partial charge on any atom is 0.342 e. The Bertz CT molecular complexity index is 2250. The van der Waals surface area contributed by atoms with Crippen LogP contribution < -0.4 is 15.1 Å². The number of carbonyl (C=O) groups is 1. The first-order valence-electron chi connectivity index (χ1n) is 25.0. The highest BCUT2D eigenvalue weighted by atomic mass is 35.5. The van der Waals surface area contributed by atoms with Gasteiger partial charge in [0.2, 0.25) is 0 Å². The summed E-state index contributed by atoms with van der Waals surface area (Å²) in [6.07, 6.45) is 4.35. The molecular weight excluding hydrogens is 964 g/mol. The minimum absolute atomic E-state index is 0.0221. The number of carbonyl (C=O) groups excluding carboxylic acids is 1. The van der Waals surface area contributed by atoms with Crippen LogP contribution in [-0.2, 0) is 27.8 Å². The van der Waals surface area contributed by atoms with Crippen LogP contribution in [0.1, 0.15) is 103 Å². The van der Waals surface area contributed by atoms with Crippen molar-refractivity contribution in [3.63, 3.8) is 0 Å². The van der Waals surface area contributed by atoms with Gasteiger partial charge < -0.3 is 32.5 Å². The Balaban J connectivity index is 1.54. The molecule has 5 rings (SSSR count). The number of thioether (sulfide) groups is 1. The molecular formula is C57H83ClO8SSi3. The summed E-state index contributed by atoms with van der Waals surface area (Å²) in [7, 11) is -5.15. The average Bonchev–Trinajstić information content (AvgIpc) is 3.60. The zero-order valence-electron chi connectivity index (χ0n) is 45.0. The van der Waals surface area contributed by atoms with E-state index in [-0.39, 0.29) is 40.2 Å². The SMILES string of the molecule is COCOc1cc(Cl)cc(C(CC[C@@H]2OC(C)(C)O[C@@H]2C(/C=C\[C@@H](C)C(C)O[Si](c2ccccc2)(c2ccccc2)C(C)(C)C)O[Si](C)(C)C(C)(C)C)Sc2ccccc2)c1C(=O)OCC[Si](C)(C)C. The third-order valence-corrected chi connectivity index (χ3v) is 26.6. The monoisotopic (exact) mass is 1050 g/mol. The summed E-state index contributed by atoms with van der Waals surface area (Å²) in [5, 5.41) is 2.47. The van der Waals surface area contributed by atoms with Gasteiger partial charge in [-0.1, -0.05) is 171 Å². The third kappa shape index (κ3) is 15.3. The minimum atomic E-state index is -2.82. The second-order valence-electron chi connectivity index (χ2n) is 23.1. The number of halogens is 1. The molecule has 0 radical (unpaired) electrons. The van der Waals surface area contributed by atoms with E-state index in [0.717, 1.165) is 16.5 Å². The molecule has 6 atom stereocenters. The Morgan fingerprint density at radius 3 is 1.90 bits per heavy atom. The molecule has 0 aromatic heterocycles. The topological polar surface area (TPSA) is 81.7 Å². The van der Waals surface area contributed by atoms with Crippen LogP contribution in [0.15, 0.2) is 120 Å². The first kappa shape index (κ1) is 57.9. The number of esters is 1. The van der Waals surface area contributed by atoms with Crippen molar-refractivity contribution in [3.8, 4) is 5.75 Å². The Labute approximate surface area is 434 Å². The predicted molar refractivity (Wildman–Crippen MR) is 299 cm³/mol. The lowest BCUT2D eigenvalue weighted by atomic mass is 9.96. The van der Waals surface area contributed by atoms with E-state index < -0.39 is 48.7 Å². The standard InChI is InChI=1S/C57H83ClO8SSi3/c1-41(42(2)65-70(56(6,7)8,45-28-22-18-23-29-45)46-30-24-19-25-31-46)32-33-49(66-69(15,16)55(3,4)5)53-48(63-57(9,10)64-53)34-35-51(67-44-26-20-17-21-27-44)47-38-43(58)39-50(62-40-60-11)52(47)54(59)61-36-37-68(12,13)14/h17-33,38-39,41-42,48-49,51,53H,34-37,40H2,1-16H3/b33-32-/t41-,42?,48+,49?,51?,53+/m1/s1. The van der Waals surface area contributed by atoms with Gasteiger partial charge in [-0.2, -0.15) is 0 Å². The number of hydrogen-bond acceptors (Lipinski definition) is 9. The Morgan fingerprint density at radius 2 is 1.37 bits per heavy atom. The highest BCUT2D eigenvalue weighted by molar-refractivity contribution is 7.99. The second-order valence-corrected chi connectivity index (χ2v) is 39.4. The van der Waals surface area contributed by atoms with Gasteiger partial charge in [-0.25, -0.2) is 4.79 Å². The predicted octanol–water partition coefficient (Wildman–Crippen LogP) is 14.5. The van der Waals surface area contributed by atoms with Gasteiger partial charge in [0.05, 0.1) is 18.8 Å². The Morgan fingerprint density at radius 1 is 0.800 bits per heavy atom. The molecule has 0 bridgehead atoms. The quantitative estimate of drug-likeness (QED) is 0.0237. The lowest BCUT2D eigenvalue weighted by Gasteiger charge is -2.45. The molecule has 1 heterocycles. The van der Waals surface area contributed by atoms with E-state index in [1.54, 1.807) is 24.9 Å². The third-order valence-electron chi connectivity index (χ3n) is 13.7. The van der Waals surface area contributed by atoms with E-state index in [1.807, 2.05) is 38.1 Å². The number of ether oxygens (including phenoxy) is 5. The summed E-state index contributed by atoms with van der Waals surface area (Å²) in [5.74, 6) is -0.970. The fourth-order valence-corrected chi connectivity index (χ4v) is 16.9. The van der Waals surface area contributed by atoms with E-state index in [0.29, 0.717) is 35.8 Å². The molecule has 8 nitrogen and oxygen atoms in total. The molecule has 1 aliphatic rings. The first-order valence-corrected chi connectivity index (χ1v) is 34.8. The number of hydrogen-bond donors (Lipinski definition) is 0. The number of rotatable bonds is 23. The van der Waals surface area contributed by atoms with Crippen LogP contribution in [0, 0.1) is 5.92 Å². The Hall–Kier alpha value is -3.02. The van der Waals surface area contributed by atoms with Gasteiger partial charge in [-0.05, 0) is 109 Å². The molecule has 1 saturated heterocycles. The maximum atomic E-state index is 14.3. The van der Waals surface area contributed by atoms with Gasteiger partial charge in [0.25, 0.3) is 8.32 Å². The van der Waals surface area contributed by atoms with Crippen molar-refractivity contribution < 1.29 is 37.3 Å². The van der Waals surface area contributed by atoms with Crippen LogP contribution in [0.3, 0.4) is 0 Å². The average molecular weight is 1050 g/mol. The molecule has 3 unspecified atom stereocenters. The van der Waals surface area contributed by atoms with Gasteiger partial charge in [0, 0.05) is 36.5 Å². The highest BCUT2D eigenvalue weighted by Gasteiger charge is 2.52. The summed E-state index contributed by atoms with van der Waals surface area (Å²) in [4.78, 5) is 15.3. The summed E-state index contributed by atoms with van der Waals surface area (Å²) >= 11 is 8.58. The molecule has 0 spiro atoms. The summed E-state index contributed by atoms with van der Waals surface area (Å²) in [6.45, 7) is 33.8. The maximum absolute atomic E-state index is 14.3. The van der Waals surface area contributed by atoms with Crippen LogP contribution in [-0.4, -0.2) is 81.4 Å². The summed E-state index contributed by atoms with van der Waals surface area (Å²) in [5.41, 5.74) is 1.09. The van der Waals surface area contributed by atoms with Gasteiger partial charge in [0.1, 0.15) is 17.4 Å². The zero-order chi connectivity index (χ0) is 51.7. The molecule has 1 aliphatic heterocycles. The molecule has 0 N–H and O–H groups in total. The molecule has 70 heavy (non-hydrogen) atoms. The molecule has 13 heteroatoms. The molecule has 0 amide bonds. The first-order chi connectivity index (χ1) is 32.7. The normalized spacial score (nSPS) is 18.6. The molecule has 384 valence electrons. The number of methoxy groups -OCH3 is 1. The second kappa shape index (κ2) is 24.3. The van der Waals surface area contributed by atoms with Gasteiger partial charge in [-0.15, -0.1) is 11.8 Å². The lowest BCUT2D eigenvalue weighted by molar-refractivity contribution is -0.152. The van der Waals surface area contributed by atoms with Crippen molar-refractivity contribution in [1.82, 2.24) is 0 Å². The van der Waals surface area contributed by atoms with Crippen LogP contribution in [0.5, 0.6) is 5.75 Å². The van der Waals surface area contributed by atoms with E-state index in [4.69, 9.17) is 44.1 Å². The lowest BCUT2D eigenvalue weighted by Crippen LogP contribution is -2.67. The van der Waals surface area contributed by atoms with Crippen molar-refractivity contribution >= 4 is 64.4 Å². The van der Waals surface area contributed by atoms with Crippen molar-refractivity contribution in [1.29, 1.82) is 0 Å². The molecule has 4 aromatic rings. The number of benzene rings is 4. The van der Waals surface area contributed by atoms with Gasteiger partial charge in [-0.3, -0.25) is 0 Å². The summed E-state index contributed by atoms with van der Waals surface area (Å²) in [6, 6.07) is 36.3. The van der Waals surface area contributed by atoms with Crippen LogP contribution in [0.4, 0.5) is 0 Å². The smallest absolute Gasteiger partial charge is 0.342 e. The van der Waals surface area contributed by atoms with Crippen molar-refractivity contribution in [2.45, 2.75) is 171 Å². The van der Waals surface area contributed by atoms with Gasteiger partial charge >= 0.3 is 5.97 Å². The van der Waals surface area contributed by atoms with Crippen molar-refractivity contribution in [2.75, 3.05) is 20.5 Å². The van der Waals surface area contributed by atoms with E-state index in [9.17, 15) is 4.79 Å². The molecule has 4 aromatic carbocycles. The Kier molecular flexibility index (Phi) is 20.1. The zero-order valence-corrected chi connectivity index (χ0v) is 49.6. The minimum Gasteiger partial charge on any atom is -0.467 e. The van der Waals surface area contributed by atoms with Gasteiger partial charge in [0.15, 0.2) is 20.9 Å². The molecule has 0 aliphatic carbocycles. The van der Waals surface area contributed by atoms with Crippen molar-refractivity contribution in [2.24, 2.45) is 5.92 Å². The van der Waals surface area contributed by atoms with E-state index in [1.165, 1.54) is 10.4 Å². The highest BCUT2D eigenvalue weighted by Crippen LogP contribution is 2.47. The van der Waals surface area contributed by atoms with Crippen LogP contribution >= 0.6 is 23.4 Å².